The third-order valence-corrected chi connectivity index (χ3v) is 4.13. The third-order valence-electron chi connectivity index (χ3n) is 1.84. The second-order valence-electron chi connectivity index (χ2n) is 2.57. The van der Waals surface area contributed by atoms with Crippen LogP contribution in [0, 0.1) is 5.82 Å². The molecule has 0 aliphatic carbocycles. The summed E-state index contributed by atoms with van der Waals surface area (Å²) in [6.07, 6.45) is 1.98. The van der Waals surface area contributed by atoms with Gasteiger partial charge in [-0.05, 0) is 18.4 Å². The average molecular weight is 230 g/mol. The van der Waals surface area contributed by atoms with E-state index in [1.54, 1.807) is 17.8 Å². The van der Waals surface area contributed by atoms with Crippen LogP contribution in [0.25, 0.3) is 10.1 Å². The molecule has 0 bridgehead atoms. The summed E-state index contributed by atoms with van der Waals surface area (Å²) < 4.78 is 14.0. The zero-order valence-electron chi connectivity index (χ0n) is 6.87. The predicted octanol–water partition coefficient (Wildman–Crippen LogP) is 4.05. The number of thiophene rings is 1. The summed E-state index contributed by atoms with van der Waals surface area (Å²) in [6, 6.07) is 3.31. The quantitative estimate of drug-likeness (QED) is 0.569. The minimum absolute atomic E-state index is 0.155. The fourth-order valence-electron chi connectivity index (χ4n) is 1.24. The first-order chi connectivity index (χ1) is 6.24. The second-order valence-corrected chi connectivity index (χ2v) is 4.78. The molecule has 0 saturated heterocycles. The molecule has 0 unspecified atom stereocenters. The van der Waals surface area contributed by atoms with Crippen molar-refractivity contribution in [3.63, 3.8) is 0 Å². The highest BCUT2D eigenvalue weighted by molar-refractivity contribution is 7.98. The Morgan fingerprint density at radius 1 is 1.46 bits per heavy atom. The summed E-state index contributed by atoms with van der Waals surface area (Å²) in [5, 5.41) is 2.82. The summed E-state index contributed by atoms with van der Waals surface area (Å²) in [4.78, 5) is 1.95. The lowest BCUT2D eigenvalue weighted by Gasteiger charge is -2.00. The van der Waals surface area contributed by atoms with Gasteiger partial charge in [0.25, 0.3) is 0 Å². The summed E-state index contributed by atoms with van der Waals surface area (Å²) in [7, 11) is 0. The molecule has 0 radical (unpaired) electrons. The molecule has 1 aromatic carbocycles. The molecule has 13 heavy (non-hydrogen) atoms. The molecule has 1 heterocycles. The predicted molar refractivity (Wildman–Crippen MR) is 60.8 cm³/mol. The second kappa shape index (κ2) is 3.52. The molecule has 0 amide bonds. The van der Waals surface area contributed by atoms with Crippen molar-refractivity contribution in [3.05, 3.63) is 23.3 Å². The van der Waals surface area contributed by atoms with E-state index in [4.69, 9.17) is 0 Å². The van der Waals surface area contributed by atoms with E-state index in [9.17, 15) is 4.39 Å². The highest BCUT2D eigenvalue weighted by Gasteiger charge is 2.09. The van der Waals surface area contributed by atoms with Crippen LogP contribution in [0.1, 0.15) is 0 Å². The van der Waals surface area contributed by atoms with Crippen molar-refractivity contribution in [2.75, 3.05) is 6.26 Å². The van der Waals surface area contributed by atoms with Crippen LogP contribution in [0.5, 0.6) is 0 Å². The van der Waals surface area contributed by atoms with Gasteiger partial charge in [-0.25, -0.2) is 4.39 Å². The van der Waals surface area contributed by atoms with Crippen molar-refractivity contribution >= 4 is 45.8 Å². The van der Waals surface area contributed by atoms with Gasteiger partial charge in [0.2, 0.25) is 0 Å². The van der Waals surface area contributed by atoms with Gasteiger partial charge in [-0.15, -0.1) is 35.7 Å². The minimum Gasteiger partial charge on any atom is -0.205 e. The summed E-state index contributed by atoms with van der Waals surface area (Å²) in [6.45, 7) is 0. The molecule has 0 spiro atoms. The van der Waals surface area contributed by atoms with E-state index < -0.39 is 0 Å². The molecular formula is C9H7FS3. The topological polar surface area (TPSA) is 0 Å². The Morgan fingerprint density at radius 3 is 2.92 bits per heavy atom. The fourth-order valence-corrected chi connectivity index (χ4v) is 3.33. The van der Waals surface area contributed by atoms with Crippen molar-refractivity contribution in [2.24, 2.45) is 0 Å². The van der Waals surface area contributed by atoms with E-state index in [1.165, 1.54) is 17.4 Å². The molecule has 0 aliphatic heterocycles. The third kappa shape index (κ3) is 1.47. The van der Waals surface area contributed by atoms with Gasteiger partial charge in [0.15, 0.2) is 0 Å². The zero-order valence-corrected chi connectivity index (χ0v) is 9.40. The lowest BCUT2D eigenvalue weighted by Crippen LogP contribution is -1.77. The van der Waals surface area contributed by atoms with Crippen LogP contribution in [-0.4, -0.2) is 6.26 Å². The Kier molecular flexibility index (Phi) is 2.53. The van der Waals surface area contributed by atoms with Crippen LogP contribution in [0.3, 0.4) is 0 Å². The minimum atomic E-state index is -0.155. The van der Waals surface area contributed by atoms with Crippen LogP contribution >= 0.6 is 35.7 Å². The van der Waals surface area contributed by atoms with Gasteiger partial charge < -0.3 is 0 Å². The van der Waals surface area contributed by atoms with Crippen molar-refractivity contribution in [2.45, 2.75) is 9.79 Å². The van der Waals surface area contributed by atoms with Gasteiger partial charge in [0, 0.05) is 20.6 Å². The van der Waals surface area contributed by atoms with Crippen LogP contribution < -0.4 is 0 Å². The lowest BCUT2D eigenvalue weighted by molar-refractivity contribution is 0.641. The molecule has 0 fully saturated rings. The molecule has 68 valence electrons. The fraction of sp³-hybridized carbons (Fsp3) is 0.111. The van der Waals surface area contributed by atoms with Crippen LogP contribution in [0.2, 0.25) is 0 Å². The standard InChI is InChI=1S/C9H7FS3/c1-12-7-3-2-5(10)9-8(7)6(11)4-13-9/h2-4,11H,1H3. The first-order valence-corrected chi connectivity index (χ1v) is 6.22. The Bertz CT molecular complexity index is 447. The Morgan fingerprint density at radius 2 is 2.23 bits per heavy atom. The van der Waals surface area contributed by atoms with Crippen LogP contribution in [-0.2, 0) is 0 Å². The Labute approximate surface area is 89.6 Å². The monoisotopic (exact) mass is 230 g/mol. The van der Waals surface area contributed by atoms with E-state index in [0.717, 1.165) is 15.2 Å². The number of hydrogen-bond donors (Lipinski definition) is 1. The summed E-state index contributed by atoms with van der Waals surface area (Å²) in [5.74, 6) is -0.155. The van der Waals surface area contributed by atoms with Crippen molar-refractivity contribution in [1.82, 2.24) is 0 Å². The van der Waals surface area contributed by atoms with E-state index >= 15 is 0 Å². The molecule has 0 nitrogen and oxygen atoms in total. The molecule has 0 saturated carbocycles. The number of thioether (sulfide) groups is 1. The first-order valence-electron chi connectivity index (χ1n) is 3.66. The van der Waals surface area contributed by atoms with E-state index in [2.05, 4.69) is 12.6 Å². The van der Waals surface area contributed by atoms with Gasteiger partial charge in [-0.2, -0.15) is 0 Å². The average Bonchev–Trinajstić information content (AvgIpc) is 2.51. The first kappa shape index (κ1) is 9.37. The highest BCUT2D eigenvalue weighted by Crippen LogP contribution is 2.36. The molecular weight excluding hydrogens is 223 g/mol. The van der Waals surface area contributed by atoms with Gasteiger partial charge in [0.1, 0.15) is 5.82 Å². The number of hydrogen-bond acceptors (Lipinski definition) is 3. The molecule has 4 heteroatoms. The van der Waals surface area contributed by atoms with Crippen molar-refractivity contribution in [1.29, 1.82) is 0 Å². The van der Waals surface area contributed by atoms with Crippen molar-refractivity contribution < 1.29 is 4.39 Å². The van der Waals surface area contributed by atoms with E-state index in [1.807, 2.05) is 11.6 Å². The van der Waals surface area contributed by atoms with Crippen LogP contribution in [0.4, 0.5) is 4.39 Å². The Balaban J connectivity index is 2.88. The van der Waals surface area contributed by atoms with E-state index in [-0.39, 0.29) is 5.82 Å². The van der Waals surface area contributed by atoms with Gasteiger partial charge >= 0.3 is 0 Å². The molecule has 0 aliphatic rings. The van der Waals surface area contributed by atoms with Gasteiger partial charge in [-0.1, -0.05) is 0 Å². The molecule has 2 aromatic rings. The number of thiol groups is 1. The maximum absolute atomic E-state index is 13.3. The molecule has 0 atom stereocenters. The van der Waals surface area contributed by atoms with Gasteiger partial charge in [-0.3, -0.25) is 0 Å². The van der Waals surface area contributed by atoms with Crippen LogP contribution in [0.15, 0.2) is 27.3 Å². The summed E-state index contributed by atoms with van der Waals surface area (Å²) >= 11 is 7.33. The normalized spacial score (nSPS) is 11.0. The number of rotatable bonds is 1. The van der Waals surface area contributed by atoms with Crippen molar-refractivity contribution in [3.8, 4) is 0 Å². The van der Waals surface area contributed by atoms with E-state index in [0.29, 0.717) is 4.70 Å². The SMILES string of the molecule is CSc1ccc(F)c2scc(S)c12. The molecule has 0 N–H and O–H groups in total. The summed E-state index contributed by atoms with van der Waals surface area (Å²) in [5.41, 5.74) is 0. The van der Waals surface area contributed by atoms with Gasteiger partial charge in [0.05, 0.1) is 4.70 Å². The maximum Gasteiger partial charge on any atom is 0.141 e. The highest BCUT2D eigenvalue weighted by atomic mass is 32.2. The largest absolute Gasteiger partial charge is 0.205 e. The smallest absolute Gasteiger partial charge is 0.141 e. The Hall–Kier alpha value is -0.190. The lowest BCUT2D eigenvalue weighted by atomic mass is 10.2. The maximum atomic E-state index is 13.3. The number of fused-ring (bicyclic) bond motifs is 1. The number of benzene rings is 1. The zero-order chi connectivity index (χ0) is 9.42. The molecule has 1 aromatic heterocycles. The molecule has 2 rings (SSSR count). The number of halogens is 1.